The maximum atomic E-state index is 6.13. The summed E-state index contributed by atoms with van der Waals surface area (Å²) >= 11 is 13.6. The maximum absolute atomic E-state index is 6.13. The molecule has 1 aromatic heterocycles. The molecule has 0 aliphatic rings. The van der Waals surface area contributed by atoms with E-state index in [-0.39, 0.29) is 0 Å². The number of rotatable bonds is 5. The van der Waals surface area contributed by atoms with Gasteiger partial charge in [0.25, 0.3) is 0 Å². The zero-order valence-electron chi connectivity index (χ0n) is 10.4. The molecule has 19 heavy (non-hydrogen) atoms. The first kappa shape index (κ1) is 14.4. The third-order valence-corrected chi connectivity index (χ3v) is 3.97. The van der Waals surface area contributed by atoms with Gasteiger partial charge in [0.15, 0.2) is 0 Å². The van der Waals surface area contributed by atoms with Crippen LogP contribution in [-0.4, -0.2) is 16.5 Å². The van der Waals surface area contributed by atoms with Gasteiger partial charge in [0.05, 0.1) is 5.02 Å². The first-order chi connectivity index (χ1) is 9.19. The second-order valence-electron chi connectivity index (χ2n) is 3.85. The minimum atomic E-state index is 0.658. The minimum Gasteiger partial charge on any atom is -0.370 e. The minimum absolute atomic E-state index is 0.658. The molecule has 100 valence electrons. The van der Waals surface area contributed by atoms with Gasteiger partial charge in [-0.3, -0.25) is 0 Å². The fourth-order valence-electron chi connectivity index (χ4n) is 1.41. The molecule has 0 saturated carbocycles. The molecular formula is C13H13Cl2N3S. The average molecular weight is 314 g/mol. The monoisotopic (exact) mass is 313 g/mol. The zero-order chi connectivity index (χ0) is 13.7. The van der Waals surface area contributed by atoms with Gasteiger partial charge in [-0.15, -0.1) is 0 Å². The number of halogens is 2. The molecule has 1 N–H and O–H groups in total. The number of hydrogen-bond donors (Lipinski definition) is 1. The van der Waals surface area contributed by atoms with Crippen LogP contribution in [0.15, 0.2) is 40.5 Å². The van der Waals surface area contributed by atoms with Gasteiger partial charge in [-0.2, -0.15) is 0 Å². The highest BCUT2D eigenvalue weighted by Crippen LogP contribution is 2.34. The third-order valence-electron chi connectivity index (χ3n) is 2.31. The van der Waals surface area contributed by atoms with E-state index in [1.54, 1.807) is 18.5 Å². The third kappa shape index (κ3) is 4.27. The molecule has 0 saturated heterocycles. The smallest absolute Gasteiger partial charge is 0.130 e. The summed E-state index contributed by atoms with van der Waals surface area (Å²) in [6.07, 6.45) is 2.59. The van der Waals surface area contributed by atoms with Crippen LogP contribution in [0.2, 0.25) is 10.0 Å². The van der Waals surface area contributed by atoms with Crippen molar-refractivity contribution in [2.75, 3.05) is 11.9 Å². The van der Waals surface area contributed by atoms with Gasteiger partial charge in [-0.1, -0.05) is 41.9 Å². The summed E-state index contributed by atoms with van der Waals surface area (Å²) in [5.74, 6) is 0.817. The van der Waals surface area contributed by atoms with Crippen molar-refractivity contribution in [1.29, 1.82) is 0 Å². The topological polar surface area (TPSA) is 37.8 Å². The number of anilines is 1. The predicted octanol–water partition coefficient (Wildman–Crippen LogP) is 4.76. The highest BCUT2D eigenvalue weighted by atomic mass is 35.5. The van der Waals surface area contributed by atoms with E-state index >= 15 is 0 Å². The second-order valence-corrected chi connectivity index (χ2v) is 5.75. The SMILES string of the molecule is CCCNc1cc(Sc2cc(Cl)ccc2Cl)ncn1. The van der Waals surface area contributed by atoms with Gasteiger partial charge >= 0.3 is 0 Å². The molecule has 3 nitrogen and oxygen atoms in total. The van der Waals surface area contributed by atoms with Crippen LogP contribution in [0.4, 0.5) is 5.82 Å². The molecule has 0 fully saturated rings. The van der Waals surface area contributed by atoms with Gasteiger partial charge in [0.2, 0.25) is 0 Å². The molecule has 0 unspecified atom stereocenters. The van der Waals surface area contributed by atoms with Crippen LogP contribution < -0.4 is 5.32 Å². The fraction of sp³-hybridized carbons (Fsp3) is 0.231. The van der Waals surface area contributed by atoms with Gasteiger partial charge in [0, 0.05) is 22.5 Å². The lowest BCUT2D eigenvalue weighted by Gasteiger charge is -2.06. The largest absolute Gasteiger partial charge is 0.370 e. The highest BCUT2D eigenvalue weighted by molar-refractivity contribution is 7.99. The Morgan fingerprint density at radius 3 is 2.84 bits per heavy atom. The Hall–Kier alpha value is -0.970. The Morgan fingerprint density at radius 1 is 1.21 bits per heavy atom. The number of benzene rings is 1. The van der Waals surface area contributed by atoms with Crippen molar-refractivity contribution in [1.82, 2.24) is 9.97 Å². The Morgan fingerprint density at radius 2 is 2.05 bits per heavy atom. The van der Waals surface area contributed by atoms with E-state index in [2.05, 4.69) is 22.2 Å². The fourth-order valence-corrected chi connectivity index (χ4v) is 2.73. The van der Waals surface area contributed by atoms with Crippen LogP contribution in [0.5, 0.6) is 0 Å². The summed E-state index contributed by atoms with van der Waals surface area (Å²) in [4.78, 5) is 9.27. The van der Waals surface area contributed by atoms with E-state index in [1.165, 1.54) is 11.8 Å². The first-order valence-corrected chi connectivity index (χ1v) is 7.45. The van der Waals surface area contributed by atoms with Crippen LogP contribution in [0.3, 0.4) is 0 Å². The normalized spacial score (nSPS) is 10.5. The molecule has 2 aromatic rings. The molecule has 2 rings (SSSR count). The molecule has 0 aliphatic heterocycles. The van der Waals surface area contributed by atoms with Gasteiger partial charge in [-0.25, -0.2) is 9.97 Å². The van der Waals surface area contributed by atoms with Gasteiger partial charge < -0.3 is 5.32 Å². The summed E-state index contributed by atoms with van der Waals surface area (Å²) in [6, 6.07) is 7.28. The molecule has 0 amide bonds. The number of nitrogens with one attached hydrogen (secondary N) is 1. The Balaban J connectivity index is 2.16. The molecule has 0 spiro atoms. The molecule has 1 heterocycles. The average Bonchev–Trinajstić information content (AvgIpc) is 2.41. The van der Waals surface area contributed by atoms with Crippen molar-refractivity contribution in [3.05, 3.63) is 40.6 Å². The van der Waals surface area contributed by atoms with Crippen molar-refractivity contribution in [3.63, 3.8) is 0 Å². The lowest BCUT2D eigenvalue weighted by Crippen LogP contribution is -2.02. The summed E-state index contributed by atoms with van der Waals surface area (Å²) in [6.45, 7) is 2.99. The van der Waals surface area contributed by atoms with Crippen molar-refractivity contribution < 1.29 is 0 Å². The molecule has 0 aliphatic carbocycles. The number of aromatic nitrogens is 2. The Bertz CT molecular complexity index is 563. The molecule has 1 aromatic carbocycles. The maximum Gasteiger partial charge on any atom is 0.130 e. The summed E-state index contributed by atoms with van der Waals surface area (Å²) < 4.78 is 0. The second kappa shape index (κ2) is 6.98. The Kier molecular flexibility index (Phi) is 5.31. The summed E-state index contributed by atoms with van der Waals surface area (Å²) in [5.41, 5.74) is 0. The van der Waals surface area contributed by atoms with E-state index in [1.807, 2.05) is 12.1 Å². The van der Waals surface area contributed by atoms with Crippen LogP contribution in [0.25, 0.3) is 0 Å². The lowest BCUT2D eigenvalue weighted by molar-refractivity contribution is 0.953. The highest BCUT2D eigenvalue weighted by Gasteiger charge is 2.06. The summed E-state index contributed by atoms with van der Waals surface area (Å²) in [7, 11) is 0. The Labute approximate surface area is 126 Å². The van der Waals surface area contributed by atoms with Crippen LogP contribution in [0, 0.1) is 0 Å². The van der Waals surface area contributed by atoms with Gasteiger partial charge in [0.1, 0.15) is 17.2 Å². The van der Waals surface area contributed by atoms with Crippen molar-refractivity contribution in [2.24, 2.45) is 0 Å². The molecule has 0 bridgehead atoms. The predicted molar refractivity (Wildman–Crippen MR) is 81.4 cm³/mol. The molecular weight excluding hydrogens is 301 g/mol. The van der Waals surface area contributed by atoms with E-state index in [4.69, 9.17) is 23.2 Å². The van der Waals surface area contributed by atoms with Crippen molar-refractivity contribution in [3.8, 4) is 0 Å². The van der Waals surface area contributed by atoms with Gasteiger partial charge in [-0.05, 0) is 24.6 Å². The lowest BCUT2D eigenvalue weighted by atomic mass is 10.4. The standard InChI is InChI=1S/C13H13Cl2N3S/c1-2-5-16-12-7-13(18-8-17-12)19-11-6-9(14)3-4-10(11)15/h3-4,6-8H,2,5H2,1H3,(H,16,17,18). The van der Waals surface area contributed by atoms with E-state index in [0.717, 1.165) is 28.7 Å². The number of hydrogen-bond acceptors (Lipinski definition) is 4. The molecule has 6 heteroatoms. The van der Waals surface area contributed by atoms with Crippen LogP contribution in [-0.2, 0) is 0 Å². The van der Waals surface area contributed by atoms with E-state index < -0.39 is 0 Å². The van der Waals surface area contributed by atoms with Crippen molar-refractivity contribution >= 4 is 40.8 Å². The quantitative estimate of drug-likeness (QED) is 0.808. The molecule has 0 atom stereocenters. The van der Waals surface area contributed by atoms with Crippen LogP contribution >= 0.6 is 35.0 Å². The van der Waals surface area contributed by atoms with E-state index in [9.17, 15) is 0 Å². The number of nitrogens with zero attached hydrogens (tertiary/aromatic N) is 2. The van der Waals surface area contributed by atoms with E-state index in [0.29, 0.717) is 10.0 Å². The summed E-state index contributed by atoms with van der Waals surface area (Å²) in [5, 5.41) is 5.37. The molecule has 0 radical (unpaired) electrons. The van der Waals surface area contributed by atoms with Crippen LogP contribution in [0.1, 0.15) is 13.3 Å². The first-order valence-electron chi connectivity index (χ1n) is 5.88. The van der Waals surface area contributed by atoms with Crippen molar-refractivity contribution in [2.45, 2.75) is 23.3 Å². The zero-order valence-corrected chi connectivity index (χ0v) is 12.7.